The van der Waals surface area contributed by atoms with Crippen molar-refractivity contribution in [1.82, 2.24) is 5.32 Å². The van der Waals surface area contributed by atoms with Crippen molar-refractivity contribution in [1.29, 1.82) is 0 Å². The molecule has 0 aromatic rings. The first kappa shape index (κ1) is 12.4. The second kappa shape index (κ2) is 4.59. The van der Waals surface area contributed by atoms with Crippen molar-refractivity contribution < 1.29 is 24.2 Å². The number of hydrogen-bond acceptors (Lipinski definition) is 4. The lowest BCUT2D eigenvalue weighted by atomic mass is 10.0. The van der Waals surface area contributed by atoms with Crippen molar-refractivity contribution in [3.63, 3.8) is 0 Å². The Hall–Kier alpha value is -1.59. The fraction of sp³-hybridized carbons (Fsp3) is 0.625. The van der Waals surface area contributed by atoms with Crippen molar-refractivity contribution in [2.45, 2.75) is 26.3 Å². The number of carbonyl (C=O) groups excluding carboxylic acids is 2. The number of carbonyl (C=O) groups is 3. The van der Waals surface area contributed by atoms with Gasteiger partial charge >= 0.3 is 11.9 Å². The van der Waals surface area contributed by atoms with Crippen LogP contribution in [0.2, 0.25) is 0 Å². The van der Waals surface area contributed by atoms with Crippen LogP contribution in [0.15, 0.2) is 0 Å². The van der Waals surface area contributed by atoms with Gasteiger partial charge in [0.15, 0.2) is 5.54 Å². The van der Waals surface area contributed by atoms with E-state index >= 15 is 0 Å². The Kier molecular flexibility index (Phi) is 4.07. The second-order valence-electron chi connectivity index (χ2n) is 3.10. The molecule has 0 radical (unpaired) electrons. The van der Waals surface area contributed by atoms with Gasteiger partial charge in [0.05, 0.1) is 0 Å². The molecule has 0 fully saturated rings. The quantitative estimate of drug-likeness (QED) is 0.602. The summed E-state index contributed by atoms with van der Waals surface area (Å²) in [6, 6.07) is 0. The molecule has 6 heteroatoms. The summed E-state index contributed by atoms with van der Waals surface area (Å²) in [5.74, 6) is -2.35. The summed E-state index contributed by atoms with van der Waals surface area (Å²) in [7, 11) is 0. The van der Waals surface area contributed by atoms with Crippen LogP contribution in [0.1, 0.15) is 20.8 Å². The van der Waals surface area contributed by atoms with E-state index in [9.17, 15) is 14.4 Å². The maximum atomic E-state index is 10.8. The number of esters is 1. The van der Waals surface area contributed by atoms with Crippen molar-refractivity contribution in [2.24, 2.45) is 0 Å². The fourth-order valence-electron chi connectivity index (χ4n) is 0.786. The Morgan fingerprint density at radius 1 is 1.36 bits per heavy atom. The fourth-order valence-corrected chi connectivity index (χ4v) is 0.786. The minimum absolute atomic E-state index is 0.392. The molecule has 0 heterocycles. The molecule has 0 unspecified atom stereocenters. The zero-order chi connectivity index (χ0) is 11.4. The maximum Gasteiger partial charge on any atom is 0.332 e. The number of rotatable bonds is 4. The van der Waals surface area contributed by atoms with Gasteiger partial charge in [0.1, 0.15) is 6.61 Å². The molecule has 14 heavy (non-hydrogen) atoms. The molecule has 80 valence electrons. The highest BCUT2D eigenvalue weighted by molar-refractivity contribution is 5.86. The van der Waals surface area contributed by atoms with E-state index in [2.05, 4.69) is 10.1 Å². The molecule has 1 amide bonds. The summed E-state index contributed by atoms with van der Waals surface area (Å²) < 4.78 is 4.53. The maximum absolute atomic E-state index is 10.8. The molecular formula is C8H13NO5. The van der Waals surface area contributed by atoms with Crippen molar-refractivity contribution in [3.05, 3.63) is 0 Å². The topological polar surface area (TPSA) is 92.7 Å². The summed E-state index contributed by atoms with van der Waals surface area (Å²) in [5.41, 5.74) is -1.57. The van der Waals surface area contributed by atoms with Crippen LogP contribution in [-0.4, -0.2) is 35.1 Å². The van der Waals surface area contributed by atoms with Gasteiger partial charge in [-0.15, -0.1) is 0 Å². The monoisotopic (exact) mass is 203 g/mol. The number of amides is 1. The average Bonchev–Trinajstić information content (AvgIpc) is 1.99. The zero-order valence-electron chi connectivity index (χ0n) is 8.29. The van der Waals surface area contributed by atoms with E-state index in [1.165, 1.54) is 13.8 Å². The number of hydrogen-bond donors (Lipinski definition) is 2. The van der Waals surface area contributed by atoms with Gasteiger partial charge in [-0.3, -0.25) is 9.59 Å². The third kappa shape index (κ3) is 3.88. The summed E-state index contributed by atoms with van der Waals surface area (Å²) in [6.45, 7) is 3.22. The summed E-state index contributed by atoms with van der Waals surface area (Å²) in [6.07, 6.45) is 0. The highest BCUT2D eigenvalue weighted by Gasteiger charge is 2.35. The Labute approximate surface area is 81.2 Å². The lowest BCUT2D eigenvalue weighted by molar-refractivity contribution is -0.154. The van der Waals surface area contributed by atoms with E-state index in [0.29, 0.717) is 0 Å². The lowest BCUT2D eigenvalue weighted by Crippen LogP contribution is -2.55. The first-order valence-electron chi connectivity index (χ1n) is 3.93. The molecule has 0 aliphatic rings. The van der Waals surface area contributed by atoms with Gasteiger partial charge in [-0.1, -0.05) is 0 Å². The molecule has 0 aliphatic carbocycles. The number of carboxylic acid groups (broad SMARTS) is 1. The van der Waals surface area contributed by atoms with Gasteiger partial charge in [-0.25, -0.2) is 4.79 Å². The molecule has 0 bridgehead atoms. The van der Waals surface area contributed by atoms with Crippen LogP contribution in [-0.2, 0) is 19.1 Å². The molecule has 0 aliphatic heterocycles. The van der Waals surface area contributed by atoms with Gasteiger partial charge in [-0.2, -0.15) is 0 Å². The molecule has 1 atom stereocenters. The standard InChI is InChI=1S/C8H13NO5/c1-5(10)9-8(3,7(12)13)4-14-6(2)11/h4H2,1-3H3,(H,9,10)(H,12,13)/t8-/m1/s1. The lowest BCUT2D eigenvalue weighted by Gasteiger charge is -2.24. The third-order valence-electron chi connectivity index (χ3n) is 1.49. The van der Waals surface area contributed by atoms with Crippen LogP contribution in [0.25, 0.3) is 0 Å². The smallest absolute Gasteiger partial charge is 0.332 e. The number of ether oxygens (including phenoxy) is 1. The van der Waals surface area contributed by atoms with Crippen LogP contribution < -0.4 is 5.32 Å². The van der Waals surface area contributed by atoms with Gasteiger partial charge in [0.2, 0.25) is 5.91 Å². The van der Waals surface area contributed by atoms with E-state index in [0.717, 1.165) is 6.92 Å². The van der Waals surface area contributed by atoms with E-state index in [4.69, 9.17) is 5.11 Å². The van der Waals surface area contributed by atoms with Crippen molar-refractivity contribution >= 4 is 17.8 Å². The predicted molar refractivity (Wildman–Crippen MR) is 46.5 cm³/mol. The average molecular weight is 203 g/mol. The van der Waals surface area contributed by atoms with E-state index < -0.39 is 30.0 Å². The Balaban J connectivity index is 4.47. The highest BCUT2D eigenvalue weighted by Crippen LogP contribution is 2.05. The molecule has 0 saturated heterocycles. The van der Waals surface area contributed by atoms with Crippen molar-refractivity contribution in [3.8, 4) is 0 Å². The number of carboxylic acids is 1. The van der Waals surface area contributed by atoms with Crippen LogP contribution in [0.4, 0.5) is 0 Å². The first-order chi connectivity index (χ1) is 6.28. The first-order valence-corrected chi connectivity index (χ1v) is 3.93. The SMILES string of the molecule is CC(=O)N[C@](C)(COC(C)=O)C(=O)O. The molecule has 0 spiro atoms. The van der Waals surface area contributed by atoms with Crippen LogP contribution in [0.3, 0.4) is 0 Å². The molecule has 0 aromatic heterocycles. The Bertz CT molecular complexity index is 262. The number of nitrogens with one attached hydrogen (secondary N) is 1. The van der Waals surface area contributed by atoms with E-state index in [-0.39, 0.29) is 0 Å². The largest absolute Gasteiger partial charge is 0.479 e. The number of aliphatic carboxylic acids is 1. The normalized spacial score (nSPS) is 13.9. The molecule has 0 saturated carbocycles. The van der Waals surface area contributed by atoms with Crippen LogP contribution in [0, 0.1) is 0 Å². The molecule has 0 rings (SSSR count). The predicted octanol–water partition coefficient (Wildman–Crippen LogP) is -0.471. The van der Waals surface area contributed by atoms with Gasteiger partial charge < -0.3 is 15.2 Å². The van der Waals surface area contributed by atoms with Gasteiger partial charge in [0.25, 0.3) is 0 Å². The van der Waals surface area contributed by atoms with E-state index in [1.807, 2.05) is 0 Å². The third-order valence-corrected chi connectivity index (χ3v) is 1.49. The minimum atomic E-state index is -1.57. The van der Waals surface area contributed by atoms with Gasteiger partial charge in [-0.05, 0) is 6.92 Å². The van der Waals surface area contributed by atoms with Crippen molar-refractivity contribution in [2.75, 3.05) is 6.61 Å². The van der Waals surface area contributed by atoms with E-state index in [1.54, 1.807) is 0 Å². The van der Waals surface area contributed by atoms with Crippen LogP contribution >= 0.6 is 0 Å². The second-order valence-corrected chi connectivity index (χ2v) is 3.10. The minimum Gasteiger partial charge on any atom is -0.479 e. The Morgan fingerprint density at radius 3 is 2.14 bits per heavy atom. The molecule has 0 aromatic carbocycles. The van der Waals surface area contributed by atoms with Crippen LogP contribution in [0.5, 0.6) is 0 Å². The zero-order valence-corrected chi connectivity index (χ0v) is 8.29. The molecule has 2 N–H and O–H groups in total. The summed E-state index contributed by atoms with van der Waals surface area (Å²) >= 11 is 0. The van der Waals surface area contributed by atoms with Gasteiger partial charge in [0, 0.05) is 13.8 Å². The molecule has 6 nitrogen and oxygen atoms in total. The Morgan fingerprint density at radius 2 is 1.86 bits per heavy atom. The molecular weight excluding hydrogens is 190 g/mol. The summed E-state index contributed by atoms with van der Waals surface area (Å²) in [5, 5.41) is 11.0. The summed E-state index contributed by atoms with van der Waals surface area (Å²) in [4.78, 5) is 31.9. The highest BCUT2D eigenvalue weighted by atomic mass is 16.5.